The van der Waals surface area contributed by atoms with Gasteiger partial charge in [-0.1, -0.05) is 6.07 Å². The third kappa shape index (κ3) is 3.15. The first-order valence-corrected chi connectivity index (χ1v) is 5.39. The lowest BCUT2D eigenvalue weighted by Gasteiger charge is -2.10. The number of nitrogens with two attached hydrogens (primary N) is 1. The summed E-state index contributed by atoms with van der Waals surface area (Å²) in [6.45, 7) is 1.42. The van der Waals surface area contributed by atoms with Crippen molar-refractivity contribution < 1.29 is 9.13 Å². The van der Waals surface area contributed by atoms with E-state index in [9.17, 15) is 4.39 Å². The SMILES string of the molecule is COCCNc1ccc(CN)c(Br)c1F. The second kappa shape index (κ2) is 6.05. The molecule has 0 amide bonds. The lowest BCUT2D eigenvalue weighted by atomic mass is 10.2. The molecule has 0 bridgehead atoms. The minimum atomic E-state index is -0.311. The first-order chi connectivity index (χ1) is 7.20. The highest BCUT2D eigenvalue weighted by Gasteiger charge is 2.09. The van der Waals surface area contributed by atoms with Crippen LogP contribution in [0.1, 0.15) is 5.56 Å². The molecule has 0 saturated heterocycles. The molecule has 3 N–H and O–H groups in total. The van der Waals surface area contributed by atoms with Gasteiger partial charge in [0.1, 0.15) is 0 Å². The van der Waals surface area contributed by atoms with Gasteiger partial charge in [0.2, 0.25) is 0 Å². The number of hydrogen-bond acceptors (Lipinski definition) is 3. The molecule has 15 heavy (non-hydrogen) atoms. The zero-order chi connectivity index (χ0) is 11.3. The Morgan fingerprint density at radius 3 is 2.87 bits per heavy atom. The van der Waals surface area contributed by atoms with Gasteiger partial charge in [-0.2, -0.15) is 0 Å². The molecule has 0 fully saturated rings. The van der Waals surface area contributed by atoms with Crippen molar-refractivity contribution in [2.75, 3.05) is 25.6 Å². The largest absolute Gasteiger partial charge is 0.383 e. The Hall–Kier alpha value is -0.650. The predicted molar refractivity (Wildman–Crippen MR) is 62.4 cm³/mol. The van der Waals surface area contributed by atoms with Gasteiger partial charge in [0, 0.05) is 20.2 Å². The van der Waals surface area contributed by atoms with Crippen LogP contribution in [0.3, 0.4) is 0 Å². The number of halogens is 2. The summed E-state index contributed by atoms with van der Waals surface area (Å²) < 4.78 is 19.0. The standard InChI is InChI=1S/C10H14BrFN2O/c1-15-5-4-14-8-3-2-7(6-13)9(11)10(8)12/h2-3,14H,4-6,13H2,1H3. The molecular formula is C10H14BrFN2O. The van der Waals surface area contributed by atoms with Crippen molar-refractivity contribution in [2.24, 2.45) is 5.73 Å². The Balaban J connectivity index is 2.77. The molecule has 3 nitrogen and oxygen atoms in total. The van der Waals surface area contributed by atoms with Gasteiger partial charge in [-0.25, -0.2) is 4.39 Å². The number of methoxy groups -OCH3 is 1. The van der Waals surface area contributed by atoms with Crippen LogP contribution in [0.15, 0.2) is 16.6 Å². The van der Waals surface area contributed by atoms with Gasteiger partial charge < -0.3 is 15.8 Å². The summed E-state index contributed by atoms with van der Waals surface area (Å²) >= 11 is 3.17. The maximum absolute atomic E-state index is 13.7. The third-order valence-corrected chi connectivity index (χ3v) is 2.86. The summed E-state index contributed by atoms with van der Waals surface area (Å²) in [7, 11) is 1.60. The van der Waals surface area contributed by atoms with E-state index in [0.717, 1.165) is 5.56 Å². The smallest absolute Gasteiger partial charge is 0.160 e. The van der Waals surface area contributed by atoms with Crippen LogP contribution in [-0.4, -0.2) is 20.3 Å². The van der Waals surface area contributed by atoms with Crippen LogP contribution in [-0.2, 0) is 11.3 Å². The van der Waals surface area contributed by atoms with Crippen molar-refractivity contribution >= 4 is 21.6 Å². The molecule has 0 radical (unpaired) electrons. The summed E-state index contributed by atoms with van der Waals surface area (Å²) in [4.78, 5) is 0. The molecule has 84 valence electrons. The fourth-order valence-corrected chi connectivity index (χ4v) is 1.68. The molecule has 1 aromatic rings. The van der Waals surface area contributed by atoms with E-state index < -0.39 is 0 Å². The van der Waals surface area contributed by atoms with E-state index in [1.807, 2.05) is 0 Å². The molecule has 5 heteroatoms. The van der Waals surface area contributed by atoms with Gasteiger partial charge in [0.05, 0.1) is 16.8 Å². The minimum absolute atomic E-state index is 0.311. The van der Waals surface area contributed by atoms with Crippen molar-refractivity contribution in [2.45, 2.75) is 6.54 Å². The molecular weight excluding hydrogens is 263 g/mol. The van der Waals surface area contributed by atoms with Crippen molar-refractivity contribution in [1.82, 2.24) is 0 Å². The quantitative estimate of drug-likeness (QED) is 0.810. The molecule has 0 saturated carbocycles. The molecule has 0 unspecified atom stereocenters. The van der Waals surface area contributed by atoms with Crippen LogP contribution in [0.5, 0.6) is 0 Å². The highest BCUT2D eigenvalue weighted by Crippen LogP contribution is 2.26. The molecule has 0 spiro atoms. The first kappa shape index (κ1) is 12.4. The second-order valence-corrected chi connectivity index (χ2v) is 3.82. The highest BCUT2D eigenvalue weighted by atomic mass is 79.9. The van der Waals surface area contributed by atoms with Gasteiger partial charge in [-0.05, 0) is 27.6 Å². The fraction of sp³-hybridized carbons (Fsp3) is 0.400. The van der Waals surface area contributed by atoms with Crippen LogP contribution in [0.25, 0.3) is 0 Å². The lowest BCUT2D eigenvalue weighted by molar-refractivity contribution is 0.210. The Kier molecular flexibility index (Phi) is 5.01. The molecule has 1 rings (SSSR count). The summed E-state index contributed by atoms with van der Waals surface area (Å²) in [6, 6.07) is 3.47. The average Bonchev–Trinajstić information content (AvgIpc) is 2.25. The summed E-state index contributed by atoms with van der Waals surface area (Å²) in [5, 5.41) is 2.94. The molecule has 0 aliphatic heterocycles. The maximum atomic E-state index is 13.7. The van der Waals surface area contributed by atoms with Crippen molar-refractivity contribution in [1.29, 1.82) is 0 Å². The van der Waals surface area contributed by atoms with Crippen molar-refractivity contribution in [3.05, 3.63) is 28.0 Å². The number of benzene rings is 1. The zero-order valence-electron chi connectivity index (χ0n) is 8.52. The Labute approximate surface area is 96.9 Å². The Morgan fingerprint density at radius 2 is 2.27 bits per heavy atom. The minimum Gasteiger partial charge on any atom is -0.383 e. The fourth-order valence-electron chi connectivity index (χ4n) is 1.17. The van der Waals surface area contributed by atoms with Crippen LogP contribution >= 0.6 is 15.9 Å². The van der Waals surface area contributed by atoms with Crippen LogP contribution < -0.4 is 11.1 Å². The molecule has 0 aromatic heterocycles. The highest BCUT2D eigenvalue weighted by molar-refractivity contribution is 9.10. The van der Waals surface area contributed by atoms with E-state index in [4.69, 9.17) is 10.5 Å². The zero-order valence-corrected chi connectivity index (χ0v) is 10.1. The Morgan fingerprint density at radius 1 is 1.53 bits per heavy atom. The van der Waals surface area contributed by atoms with Crippen molar-refractivity contribution in [3.63, 3.8) is 0 Å². The van der Waals surface area contributed by atoms with Crippen LogP contribution in [0.2, 0.25) is 0 Å². The van der Waals surface area contributed by atoms with E-state index in [2.05, 4.69) is 21.2 Å². The van der Waals surface area contributed by atoms with Gasteiger partial charge in [-0.3, -0.25) is 0 Å². The van der Waals surface area contributed by atoms with Crippen LogP contribution in [0, 0.1) is 5.82 Å². The van der Waals surface area contributed by atoms with E-state index in [0.29, 0.717) is 29.9 Å². The van der Waals surface area contributed by atoms with E-state index in [1.165, 1.54) is 0 Å². The Bertz CT molecular complexity index is 333. The topological polar surface area (TPSA) is 47.3 Å². The maximum Gasteiger partial charge on any atom is 0.160 e. The molecule has 0 aliphatic rings. The van der Waals surface area contributed by atoms with Crippen molar-refractivity contribution in [3.8, 4) is 0 Å². The number of nitrogens with one attached hydrogen (secondary N) is 1. The third-order valence-electron chi connectivity index (χ3n) is 2.00. The first-order valence-electron chi connectivity index (χ1n) is 4.60. The average molecular weight is 277 g/mol. The number of rotatable bonds is 5. The van der Waals surface area contributed by atoms with Gasteiger partial charge in [0.15, 0.2) is 5.82 Å². The summed E-state index contributed by atoms with van der Waals surface area (Å²) in [5.41, 5.74) is 6.66. The van der Waals surface area contributed by atoms with E-state index in [1.54, 1.807) is 19.2 Å². The van der Waals surface area contributed by atoms with E-state index in [-0.39, 0.29) is 5.82 Å². The lowest BCUT2D eigenvalue weighted by Crippen LogP contribution is -2.10. The molecule has 0 heterocycles. The van der Waals surface area contributed by atoms with Gasteiger partial charge in [0.25, 0.3) is 0 Å². The van der Waals surface area contributed by atoms with E-state index >= 15 is 0 Å². The monoisotopic (exact) mass is 276 g/mol. The summed E-state index contributed by atoms with van der Waals surface area (Å²) in [6.07, 6.45) is 0. The normalized spacial score (nSPS) is 10.4. The van der Waals surface area contributed by atoms with Crippen LogP contribution in [0.4, 0.5) is 10.1 Å². The number of ether oxygens (including phenoxy) is 1. The molecule has 0 atom stereocenters. The predicted octanol–water partition coefficient (Wildman–Crippen LogP) is 2.11. The van der Waals surface area contributed by atoms with Gasteiger partial charge >= 0.3 is 0 Å². The van der Waals surface area contributed by atoms with Gasteiger partial charge in [-0.15, -0.1) is 0 Å². The number of anilines is 1. The summed E-state index contributed by atoms with van der Waals surface area (Å²) in [5.74, 6) is -0.311. The second-order valence-electron chi connectivity index (χ2n) is 3.02. The molecule has 0 aliphatic carbocycles. The molecule has 1 aromatic carbocycles. The number of hydrogen-bond donors (Lipinski definition) is 2.